The molecule has 0 fully saturated rings. The fourth-order valence-corrected chi connectivity index (χ4v) is 2.90. The third-order valence-corrected chi connectivity index (χ3v) is 4.10. The molecule has 0 spiro atoms. The zero-order chi connectivity index (χ0) is 17.3. The van der Waals surface area contributed by atoms with Crippen LogP contribution < -0.4 is 0 Å². The number of nitrogens with zero attached hydrogens (tertiary/aromatic N) is 3. The topological polar surface area (TPSA) is 51.3 Å². The van der Waals surface area contributed by atoms with E-state index < -0.39 is 0 Å². The standard InChI is InChI=1S/C18H18ClN3O2/c1-12-9-10-15(24-12)11-21(3)18(23)16-13(2)20-22(17(16)19)14-7-5-4-6-8-14/h4-10H,11H2,1-3H3. The smallest absolute Gasteiger partial charge is 0.259 e. The van der Waals surface area contributed by atoms with Gasteiger partial charge in [0, 0.05) is 7.05 Å². The van der Waals surface area contributed by atoms with Crippen molar-refractivity contribution in [2.75, 3.05) is 7.05 Å². The highest BCUT2D eigenvalue weighted by Crippen LogP contribution is 2.25. The molecule has 0 N–H and O–H groups in total. The van der Waals surface area contributed by atoms with Crippen LogP contribution in [0.15, 0.2) is 46.9 Å². The van der Waals surface area contributed by atoms with E-state index in [1.54, 1.807) is 23.6 Å². The Morgan fingerprint density at radius 3 is 2.54 bits per heavy atom. The lowest BCUT2D eigenvalue weighted by Crippen LogP contribution is -2.26. The minimum Gasteiger partial charge on any atom is -0.464 e. The molecule has 24 heavy (non-hydrogen) atoms. The average Bonchev–Trinajstić information content (AvgIpc) is 3.10. The van der Waals surface area contributed by atoms with Gasteiger partial charge < -0.3 is 9.32 Å². The van der Waals surface area contributed by atoms with Gasteiger partial charge in [-0.1, -0.05) is 29.8 Å². The maximum atomic E-state index is 12.8. The zero-order valence-corrected chi connectivity index (χ0v) is 14.5. The second-order valence-corrected chi connectivity index (χ2v) is 6.03. The first kappa shape index (κ1) is 16.3. The lowest BCUT2D eigenvalue weighted by Gasteiger charge is -2.15. The fourth-order valence-electron chi connectivity index (χ4n) is 2.55. The Kier molecular flexibility index (Phi) is 4.44. The predicted octanol–water partition coefficient (Wildman–Crippen LogP) is 4.01. The van der Waals surface area contributed by atoms with Crippen molar-refractivity contribution in [2.45, 2.75) is 20.4 Å². The maximum absolute atomic E-state index is 12.8. The molecule has 3 aromatic rings. The molecule has 0 aliphatic carbocycles. The van der Waals surface area contributed by atoms with E-state index in [0.717, 1.165) is 17.2 Å². The molecule has 1 aromatic carbocycles. The van der Waals surface area contributed by atoms with Crippen LogP contribution in [0.4, 0.5) is 0 Å². The van der Waals surface area contributed by atoms with Gasteiger partial charge in [-0.2, -0.15) is 5.10 Å². The van der Waals surface area contributed by atoms with Gasteiger partial charge in [0.05, 0.1) is 23.5 Å². The first-order chi connectivity index (χ1) is 11.5. The Morgan fingerprint density at radius 2 is 1.92 bits per heavy atom. The third kappa shape index (κ3) is 3.08. The van der Waals surface area contributed by atoms with Crippen LogP contribution in [0.1, 0.15) is 27.6 Å². The minimum atomic E-state index is -0.186. The molecule has 2 aromatic heterocycles. The number of aryl methyl sites for hydroxylation is 2. The van der Waals surface area contributed by atoms with Gasteiger partial charge in [-0.15, -0.1) is 0 Å². The number of benzene rings is 1. The molecular formula is C18H18ClN3O2. The molecule has 0 saturated carbocycles. The van der Waals surface area contributed by atoms with Crippen molar-refractivity contribution in [3.05, 3.63) is 70.4 Å². The highest BCUT2D eigenvalue weighted by Gasteiger charge is 2.24. The lowest BCUT2D eigenvalue weighted by molar-refractivity contribution is 0.0774. The zero-order valence-electron chi connectivity index (χ0n) is 13.8. The van der Waals surface area contributed by atoms with Crippen LogP contribution in [0.25, 0.3) is 5.69 Å². The lowest BCUT2D eigenvalue weighted by atomic mass is 10.2. The number of rotatable bonds is 4. The van der Waals surface area contributed by atoms with E-state index in [2.05, 4.69) is 5.10 Å². The molecule has 0 bridgehead atoms. The number of hydrogen-bond donors (Lipinski definition) is 0. The van der Waals surface area contributed by atoms with Gasteiger partial charge in [-0.3, -0.25) is 4.79 Å². The van der Waals surface area contributed by atoms with Crippen LogP contribution in [-0.2, 0) is 6.54 Å². The van der Waals surface area contributed by atoms with E-state index in [1.165, 1.54) is 0 Å². The Hall–Kier alpha value is -2.53. The molecule has 6 heteroatoms. The van der Waals surface area contributed by atoms with Crippen LogP contribution in [0.2, 0.25) is 5.15 Å². The van der Waals surface area contributed by atoms with Crippen LogP contribution in [-0.4, -0.2) is 27.6 Å². The maximum Gasteiger partial charge on any atom is 0.259 e. The summed E-state index contributed by atoms with van der Waals surface area (Å²) in [5, 5.41) is 4.72. The summed E-state index contributed by atoms with van der Waals surface area (Å²) in [5.41, 5.74) is 1.82. The van der Waals surface area contributed by atoms with Gasteiger partial charge >= 0.3 is 0 Å². The molecule has 0 aliphatic rings. The first-order valence-corrected chi connectivity index (χ1v) is 7.96. The quantitative estimate of drug-likeness (QED) is 0.719. The molecule has 2 heterocycles. The monoisotopic (exact) mass is 343 g/mol. The van der Waals surface area contributed by atoms with Crippen LogP contribution >= 0.6 is 11.6 Å². The molecule has 0 radical (unpaired) electrons. The molecule has 0 saturated heterocycles. The largest absolute Gasteiger partial charge is 0.464 e. The van der Waals surface area contributed by atoms with Crippen molar-refractivity contribution in [3.63, 3.8) is 0 Å². The van der Waals surface area contributed by atoms with Gasteiger partial charge in [0.15, 0.2) is 0 Å². The Balaban J connectivity index is 1.88. The van der Waals surface area contributed by atoms with Crippen molar-refractivity contribution in [2.24, 2.45) is 0 Å². The van der Waals surface area contributed by atoms with E-state index >= 15 is 0 Å². The minimum absolute atomic E-state index is 0.186. The van der Waals surface area contributed by atoms with E-state index in [9.17, 15) is 4.79 Å². The molecular weight excluding hydrogens is 326 g/mol. The molecule has 0 aliphatic heterocycles. The number of carbonyl (C=O) groups is 1. The van der Waals surface area contributed by atoms with Crippen LogP contribution in [0, 0.1) is 13.8 Å². The number of aromatic nitrogens is 2. The molecule has 0 unspecified atom stereocenters. The predicted molar refractivity (Wildman–Crippen MR) is 92.6 cm³/mol. The summed E-state index contributed by atoms with van der Waals surface area (Å²) in [6, 6.07) is 13.2. The Labute approximate surface area is 145 Å². The summed E-state index contributed by atoms with van der Waals surface area (Å²) < 4.78 is 7.11. The van der Waals surface area contributed by atoms with E-state index in [1.807, 2.05) is 49.4 Å². The van der Waals surface area contributed by atoms with Gasteiger partial charge in [-0.25, -0.2) is 4.68 Å². The number of para-hydroxylation sites is 1. The first-order valence-electron chi connectivity index (χ1n) is 7.58. The van der Waals surface area contributed by atoms with E-state index in [-0.39, 0.29) is 5.91 Å². The molecule has 0 atom stereocenters. The van der Waals surface area contributed by atoms with Crippen molar-refractivity contribution < 1.29 is 9.21 Å². The average molecular weight is 344 g/mol. The Bertz CT molecular complexity index is 868. The normalized spacial score (nSPS) is 10.8. The number of furan rings is 1. The van der Waals surface area contributed by atoms with Crippen molar-refractivity contribution in [1.82, 2.24) is 14.7 Å². The van der Waals surface area contributed by atoms with Gasteiger partial charge in [0.2, 0.25) is 0 Å². The number of halogens is 1. The number of hydrogen-bond acceptors (Lipinski definition) is 3. The van der Waals surface area contributed by atoms with Crippen LogP contribution in [0.3, 0.4) is 0 Å². The van der Waals surface area contributed by atoms with Gasteiger partial charge in [0.25, 0.3) is 5.91 Å². The summed E-state index contributed by atoms with van der Waals surface area (Å²) in [6.07, 6.45) is 0. The van der Waals surface area contributed by atoms with Crippen molar-refractivity contribution in [3.8, 4) is 5.69 Å². The summed E-state index contributed by atoms with van der Waals surface area (Å²) in [6.45, 7) is 4.03. The Morgan fingerprint density at radius 1 is 1.21 bits per heavy atom. The molecule has 3 rings (SSSR count). The van der Waals surface area contributed by atoms with E-state index in [0.29, 0.717) is 23.0 Å². The van der Waals surface area contributed by atoms with Crippen molar-refractivity contribution in [1.29, 1.82) is 0 Å². The molecule has 124 valence electrons. The van der Waals surface area contributed by atoms with E-state index in [4.69, 9.17) is 16.0 Å². The molecule has 5 nitrogen and oxygen atoms in total. The summed E-state index contributed by atoms with van der Waals surface area (Å²) in [5.74, 6) is 1.36. The third-order valence-electron chi connectivity index (χ3n) is 3.75. The van der Waals surface area contributed by atoms with Crippen molar-refractivity contribution >= 4 is 17.5 Å². The summed E-state index contributed by atoms with van der Waals surface area (Å²) in [7, 11) is 1.72. The van der Waals surface area contributed by atoms with Gasteiger partial charge in [-0.05, 0) is 38.1 Å². The molecule has 1 amide bonds. The second-order valence-electron chi connectivity index (χ2n) is 5.67. The highest BCUT2D eigenvalue weighted by molar-refractivity contribution is 6.33. The number of carbonyl (C=O) groups excluding carboxylic acids is 1. The second kappa shape index (κ2) is 6.53. The van der Waals surface area contributed by atoms with Gasteiger partial charge in [0.1, 0.15) is 16.7 Å². The van der Waals surface area contributed by atoms with Crippen LogP contribution in [0.5, 0.6) is 0 Å². The highest BCUT2D eigenvalue weighted by atomic mass is 35.5. The number of amides is 1. The SMILES string of the molecule is Cc1ccc(CN(C)C(=O)c2c(C)nn(-c3ccccc3)c2Cl)o1. The summed E-state index contributed by atoms with van der Waals surface area (Å²) >= 11 is 6.44. The fraction of sp³-hybridized carbons (Fsp3) is 0.222. The summed E-state index contributed by atoms with van der Waals surface area (Å²) in [4.78, 5) is 14.4.